The second-order valence-electron chi connectivity index (χ2n) is 13.4. The summed E-state index contributed by atoms with van der Waals surface area (Å²) < 4.78 is 5.01. The second kappa shape index (κ2) is 10.2. The lowest BCUT2D eigenvalue weighted by Crippen LogP contribution is -2.14. The van der Waals surface area contributed by atoms with Gasteiger partial charge in [-0.2, -0.15) is 0 Å². The molecule has 2 aromatic heterocycles. The first-order valence-electron chi connectivity index (χ1n) is 16.6. The van der Waals surface area contributed by atoms with E-state index < -0.39 is 0 Å². The van der Waals surface area contributed by atoms with Gasteiger partial charge in [0.05, 0.1) is 21.4 Å². The van der Waals surface area contributed by atoms with Gasteiger partial charge in [0.25, 0.3) is 0 Å². The molecule has 2 heterocycles. The van der Waals surface area contributed by atoms with Crippen LogP contribution in [-0.4, -0.2) is 4.57 Å². The average molecular weight is 633 g/mol. The summed E-state index contributed by atoms with van der Waals surface area (Å²) in [5.41, 5.74) is 13.9. The lowest BCUT2D eigenvalue weighted by Gasteiger charge is -2.22. The lowest BCUT2D eigenvalue weighted by molar-refractivity contribution is 0.660. The molecule has 2 nitrogen and oxygen atoms in total. The van der Waals surface area contributed by atoms with E-state index in [2.05, 4.69) is 175 Å². The molecule has 1 aliphatic rings. The summed E-state index contributed by atoms with van der Waals surface area (Å²) in [6, 6.07) is 55.5. The minimum atomic E-state index is -0.00556. The van der Waals surface area contributed by atoms with Crippen LogP contribution in [0.4, 0.5) is 11.4 Å². The number of benzene rings is 7. The monoisotopic (exact) mass is 632 g/mol. The second-order valence-corrected chi connectivity index (χ2v) is 14.5. The van der Waals surface area contributed by atoms with Crippen LogP contribution in [0.3, 0.4) is 0 Å². The van der Waals surface area contributed by atoms with Crippen molar-refractivity contribution in [2.24, 2.45) is 0 Å². The summed E-state index contributed by atoms with van der Waals surface area (Å²) in [6.45, 7) is 4.69. The fourth-order valence-corrected chi connectivity index (χ4v) is 9.37. The smallest absolute Gasteiger partial charge is 0.0590 e. The Morgan fingerprint density at radius 2 is 1.23 bits per heavy atom. The van der Waals surface area contributed by atoms with Crippen LogP contribution in [0.2, 0.25) is 0 Å². The molecule has 0 saturated heterocycles. The predicted octanol–water partition coefficient (Wildman–Crippen LogP) is 12.9. The van der Waals surface area contributed by atoms with Crippen molar-refractivity contribution in [3.63, 3.8) is 0 Å². The van der Waals surface area contributed by atoms with Crippen molar-refractivity contribution < 1.29 is 0 Å². The average Bonchev–Trinajstić information content (AvgIpc) is 3.75. The van der Waals surface area contributed by atoms with Gasteiger partial charge < -0.3 is 9.88 Å². The Balaban J connectivity index is 1.04. The molecule has 9 aromatic rings. The van der Waals surface area contributed by atoms with Crippen LogP contribution in [0, 0.1) is 0 Å². The van der Waals surface area contributed by atoms with Crippen molar-refractivity contribution >= 4 is 64.7 Å². The first-order chi connectivity index (χ1) is 23.6. The number of fused-ring (bicyclic) bond motifs is 10. The number of hydrogen-bond donors (Lipinski definition) is 1. The molecule has 1 aliphatic carbocycles. The Morgan fingerprint density at radius 3 is 2.10 bits per heavy atom. The topological polar surface area (TPSA) is 17.0 Å². The molecule has 228 valence electrons. The van der Waals surface area contributed by atoms with Crippen LogP contribution in [0.25, 0.3) is 69.9 Å². The highest BCUT2D eigenvalue weighted by atomic mass is 32.1. The van der Waals surface area contributed by atoms with Crippen LogP contribution < -0.4 is 5.32 Å². The molecule has 10 rings (SSSR count). The van der Waals surface area contributed by atoms with E-state index in [1.54, 1.807) is 0 Å². The van der Waals surface area contributed by atoms with E-state index >= 15 is 0 Å². The van der Waals surface area contributed by atoms with Crippen LogP contribution in [-0.2, 0) is 5.41 Å². The van der Waals surface area contributed by atoms with Gasteiger partial charge in [-0.25, -0.2) is 0 Å². The van der Waals surface area contributed by atoms with Crippen molar-refractivity contribution in [1.29, 1.82) is 0 Å². The normalized spacial score (nSPS) is 13.4. The number of anilines is 2. The molecule has 3 heteroatoms. The lowest BCUT2D eigenvalue weighted by atomic mass is 9.81. The molecule has 0 unspecified atom stereocenters. The molecule has 1 N–H and O–H groups in total. The van der Waals surface area contributed by atoms with E-state index in [0.717, 1.165) is 11.4 Å². The van der Waals surface area contributed by atoms with E-state index in [-0.39, 0.29) is 5.41 Å². The number of thiophene rings is 1. The highest BCUT2D eigenvalue weighted by molar-refractivity contribution is 7.27. The predicted molar refractivity (Wildman–Crippen MR) is 206 cm³/mol. The highest BCUT2D eigenvalue weighted by Gasteiger charge is 2.35. The van der Waals surface area contributed by atoms with E-state index in [1.165, 1.54) is 81.0 Å². The summed E-state index contributed by atoms with van der Waals surface area (Å²) in [5.74, 6) is 0. The van der Waals surface area contributed by atoms with Crippen LogP contribution in [0.15, 0.2) is 152 Å². The summed E-state index contributed by atoms with van der Waals surface area (Å²) in [7, 11) is 0. The Hall–Kier alpha value is -5.64. The fraction of sp³-hybridized carbons (Fsp3) is 0.0667. The third kappa shape index (κ3) is 3.92. The van der Waals surface area contributed by atoms with Gasteiger partial charge in [-0.1, -0.05) is 117 Å². The molecule has 0 radical (unpaired) electrons. The van der Waals surface area contributed by atoms with Gasteiger partial charge in [0, 0.05) is 43.0 Å². The zero-order chi connectivity index (χ0) is 32.0. The number of hydrogen-bond acceptors (Lipinski definition) is 2. The highest BCUT2D eigenvalue weighted by Crippen LogP contribution is 2.50. The van der Waals surface area contributed by atoms with Gasteiger partial charge in [0.2, 0.25) is 0 Å². The van der Waals surface area contributed by atoms with Crippen molar-refractivity contribution in [1.82, 2.24) is 4.57 Å². The number of nitrogens with zero attached hydrogens (tertiary/aromatic N) is 1. The molecule has 0 aliphatic heterocycles. The van der Waals surface area contributed by atoms with Crippen molar-refractivity contribution in [2.75, 3.05) is 5.32 Å². The van der Waals surface area contributed by atoms with Crippen LogP contribution in [0.5, 0.6) is 0 Å². The maximum absolute atomic E-state index is 3.77. The molecule has 48 heavy (non-hydrogen) atoms. The molecule has 0 bridgehead atoms. The van der Waals surface area contributed by atoms with Crippen LogP contribution in [0.1, 0.15) is 25.0 Å². The van der Waals surface area contributed by atoms with E-state index in [9.17, 15) is 0 Å². The number of aromatic nitrogens is 1. The number of nitrogens with one attached hydrogen (secondary N) is 1. The first kappa shape index (κ1) is 27.5. The minimum absolute atomic E-state index is 0.00556. The minimum Gasteiger partial charge on any atom is -0.354 e. The molecular formula is C45H32N2S. The molecule has 0 saturated carbocycles. The largest absolute Gasteiger partial charge is 0.354 e. The van der Waals surface area contributed by atoms with Gasteiger partial charge in [-0.3, -0.25) is 0 Å². The standard InChI is InChI=1S/C45H32N2S/c1-45(2)37-16-8-6-13-32(37)33-24-21-29(27-38(33)45)28-19-22-30(23-20-28)46-39-17-10-15-34-35-25-26-41-42(44(35)48-43(34)39)36-14-7-9-18-40(36)47(41)31-11-4-3-5-12-31/h3-27,46H,1-2H3. The summed E-state index contributed by atoms with van der Waals surface area (Å²) >= 11 is 1.89. The molecule has 0 atom stereocenters. The third-order valence-corrected chi connectivity index (χ3v) is 11.7. The fourth-order valence-electron chi connectivity index (χ4n) is 8.05. The molecule has 0 fully saturated rings. The Kier molecular flexibility index (Phi) is 5.82. The van der Waals surface area contributed by atoms with Gasteiger partial charge in [-0.05, 0) is 81.9 Å². The van der Waals surface area contributed by atoms with Crippen molar-refractivity contribution in [3.8, 4) is 27.9 Å². The van der Waals surface area contributed by atoms with Crippen molar-refractivity contribution in [2.45, 2.75) is 19.3 Å². The zero-order valence-electron chi connectivity index (χ0n) is 26.8. The van der Waals surface area contributed by atoms with Gasteiger partial charge in [0.1, 0.15) is 0 Å². The number of para-hydroxylation sites is 2. The molecular weight excluding hydrogens is 601 g/mol. The summed E-state index contributed by atoms with van der Waals surface area (Å²) in [5, 5.41) is 8.98. The summed E-state index contributed by atoms with van der Waals surface area (Å²) in [6.07, 6.45) is 0. The Bertz CT molecular complexity index is 2710. The molecule has 7 aromatic carbocycles. The molecule has 0 spiro atoms. The van der Waals surface area contributed by atoms with E-state index in [4.69, 9.17) is 0 Å². The van der Waals surface area contributed by atoms with Crippen molar-refractivity contribution in [3.05, 3.63) is 163 Å². The van der Waals surface area contributed by atoms with E-state index in [1.807, 2.05) is 11.3 Å². The van der Waals surface area contributed by atoms with Gasteiger partial charge in [-0.15, -0.1) is 11.3 Å². The maximum Gasteiger partial charge on any atom is 0.0590 e. The Morgan fingerprint density at radius 1 is 0.521 bits per heavy atom. The zero-order valence-corrected chi connectivity index (χ0v) is 27.6. The van der Waals surface area contributed by atoms with Gasteiger partial charge in [0.15, 0.2) is 0 Å². The van der Waals surface area contributed by atoms with E-state index in [0.29, 0.717) is 0 Å². The number of rotatable bonds is 4. The van der Waals surface area contributed by atoms with Gasteiger partial charge >= 0.3 is 0 Å². The third-order valence-electron chi connectivity index (χ3n) is 10.4. The molecule has 0 amide bonds. The maximum atomic E-state index is 3.77. The Labute approximate surface area is 283 Å². The summed E-state index contributed by atoms with van der Waals surface area (Å²) in [4.78, 5) is 0. The first-order valence-corrected chi connectivity index (χ1v) is 17.4. The van der Waals surface area contributed by atoms with Crippen LogP contribution >= 0.6 is 11.3 Å². The SMILES string of the molecule is CC1(C)c2ccccc2-c2ccc(-c3ccc(Nc4cccc5c4sc4c5ccc5c4c4ccccc4n5-c4ccccc4)cc3)cc21. The quantitative estimate of drug-likeness (QED) is 0.204.